The third-order valence-electron chi connectivity index (χ3n) is 8.28. The van der Waals surface area contributed by atoms with Crippen molar-refractivity contribution in [1.82, 2.24) is 30.3 Å². The van der Waals surface area contributed by atoms with Gasteiger partial charge < -0.3 is 38.9 Å². The predicted octanol–water partition coefficient (Wildman–Crippen LogP) is -0.204. The summed E-state index contributed by atoms with van der Waals surface area (Å²) in [6, 6.07) is 5.98. The molecule has 2 saturated heterocycles. The maximum atomic E-state index is 13.4. The Bertz CT molecular complexity index is 1220. The van der Waals surface area contributed by atoms with Crippen LogP contribution in [0.1, 0.15) is 23.3 Å². The van der Waals surface area contributed by atoms with E-state index in [1.807, 2.05) is 18.0 Å². The monoisotopic (exact) mass is 583 g/mol. The topological polar surface area (TPSA) is 137 Å². The van der Waals surface area contributed by atoms with E-state index in [0.717, 1.165) is 44.3 Å². The van der Waals surface area contributed by atoms with Crippen molar-refractivity contribution in [2.75, 3.05) is 66.2 Å². The van der Waals surface area contributed by atoms with Gasteiger partial charge in [-0.15, -0.1) is 0 Å². The second kappa shape index (κ2) is 13.4. The summed E-state index contributed by atoms with van der Waals surface area (Å²) in [7, 11) is 1.92. The first-order valence-electron chi connectivity index (χ1n) is 14.8. The van der Waals surface area contributed by atoms with Crippen LogP contribution in [-0.4, -0.2) is 127 Å². The number of hydrogen-bond acceptors (Lipinski definition) is 12. The van der Waals surface area contributed by atoms with E-state index >= 15 is 0 Å². The van der Waals surface area contributed by atoms with Crippen LogP contribution in [0.15, 0.2) is 40.2 Å². The number of nitrogens with zero attached hydrogens (tertiary/aromatic N) is 5. The zero-order chi connectivity index (χ0) is 28.9. The van der Waals surface area contributed by atoms with Gasteiger partial charge in [-0.2, -0.15) is 0 Å². The largest absolute Gasteiger partial charge is 0.486 e. The van der Waals surface area contributed by atoms with Gasteiger partial charge >= 0.3 is 0 Å². The molecule has 2 unspecified atom stereocenters. The standard InChI is InChI=1S/C29H41N7O6/c1-34-26(11-27(32-22-16-40-17-22)33-29(34)36-6-8-39-9-7-36)28(38)31-12-23(37)15-35-5-4-20-10-24(3-2-21(20)14-35)41-18-25-13-30-19-42-25/h2-3,10,13,19,22-23,26-27,32,37H,4-9,11-12,14-18H2,1H3,(H,31,38)/t23-,26?,27?/m0/s1. The molecule has 3 N–H and O–H groups in total. The highest BCUT2D eigenvalue weighted by Gasteiger charge is 2.37. The number of morpholine rings is 1. The Morgan fingerprint density at radius 1 is 1.19 bits per heavy atom. The lowest BCUT2D eigenvalue weighted by Crippen LogP contribution is -2.61. The van der Waals surface area contributed by atoms with Crippen molar-refractivity contribution in [3.05, 3.63) is 47.7 Å². The summed E-state index contributed by atoms with van der Waals surface area (Å²) in [6.07, 6.45) is 3.61. The van der Waals surface area contributed by atoms with Crippen LogP contribution < -0.4 is 15.4 Å². The Morgan fingerprint density at radius 3 is 2.81 bits per heavy atom. The van der Waals surface area contributed by atoms with Gasteiger partial charge in [-0.25, -0.2) is 9.98 Å². The highest BCUT2D eigenvalue weighted by molar-refractivity contribution is 5.90. The van der Waals surface area contributed by atoms with Gasteiger partial charge in [-0.05, 0) is 29.7 Å². The number of benzene rings is 1. The molecule has 4 aliphatic heterocycles. The van der Waals surface area contributed by atoms with Crippen molar-refractivity contribution in [3.63, 3.8) is 0 Å². The molecule has 1 amide bonds. The van der Waals surface area contributed by atoms with Gasteiger partial charge in [0.25, 0.3) is 0 Å². The van der Waals surface area contributed by atoms with Crippen molar-refractivity contribution in [1.29, 1.82) is 0 Å². The molecule has 4 aliphatic rings. The van der Waals surface area contributed by atoms with Gasteiger partial charge in [0.1, 0.15) is 24.6 Å². The highest BCUT2D eigenvalue weighted by atomic mass is 16.5. The first-order valence-corrected chi connectivity index (χ1v) is 14.8. The van der Waals surface area contributed by atoms with E-state index in [4.69, 9.17) is 23.6 Å². The number of rotatable bonds is 10. The van der Waals surface area contributed by atoms with Gasteiger partial charge in [0.15, 0.2) is 18.1 Å². The predicted molar refractivity (Wildman–Crippen MR) is 153 cm³/mol. The number of aromatic nitrogens is 1. The molecule has 6 rings (SSSR count). The van der Waals surface area contributed by atoms with Gasteiger partial charge in [-0.1, -0.05) is 6.07 Å². The first-order chi connectivity index (χ1) is 20.5. The second-order valence-corrected chi connectivity index (χ2v) is 11.4. The number of fused-ring (bicyclic) bond motifs is 1. The molecule has 13 nitrogen and oxygen atoms in total. The number of hydrogen-bond donors (Lipinski definition) is 3. The summed E-state index contributed by atoms with van der Waals surface area (Å²) >= 11 is 0. The third-order valence-corrected chi connectivity index (χ3v) is 8.28. The molecule has 2 fully saturated rings. The number of carbonyl (C=O) groups is 1. The fourth-order valence-electron chi connectivity index (χ4n) is 5.85. The number of aliphatic hydroxyl groups excluding tert-OH is 1. The van der Waals surface area contributed by atoms with Crippen LogP contribution in [0, 0.1) is 0 Å². The number of oxazole rings is 1. The zero-order valence-electron chi connectivity index (χ0n) is 24.1. The normalized spacial score (nSPS) is 24.0. The molecule has 5 heterocycles. The number of aliphatic hydroxyl groups is 1. The smallest absolute Gasteiger partial charge is 0.243 e. The van der Waals surface area contributed by atoms with E-state index in [2.05, 4.69) is 37.6 Å². The molecule has 0 aliphatic carbocycles. The number of guanidine groups is 1. The minimum Gasteiger partial charge on any atom is -0.486 e. The van der Waals surface area contributed by atoms with E-state index in [-0.39, 0.29) is 24.7 Å². The number of β-amino-alcohol motifs (C(OH)–C–C–N with tert-alkyl or cyclic N) is 1. The number of amides is 1. The molecule has 3 atom stereocenters. The summed E-state index contributed by atoms with van der Waals surface area (Å²) in [6.45, 7) is 6.68. The zero-order valence-corrected chi connectivity index (χ0v) is 24.1. The lowest BCUT2D eigenvalue weighted by atomic mass is 9.99. The van der Waals surface area contributed by atoms with Crippen molar-refractivity contribution >= 4 is 11.9 Å². The SMILES string of the molecule is CN1C(N2CCOCC2)=NC(NC2COC2)CC1C(=O)NC[C@H](O)CN1CCc2cc(OCc3cnco3)ccc2C1. The Hall–Kier alpha value is -3.23. The van der Waals surface area contributed by atoms with E-state index < -0.39 is 12.1 Å². The minimum atomic E-state index is -0.678. The maximum absolute atomic E-state index is 13.4. The summed E-state index contributed by atoms with van der Waals surface area (Å²) in [5.41, 5.74) is 2.47. The van der Waals surface area contributed by atoms with Gasteiger partial charge in [0.2, 0.25) is 5.91 Å². The summed E-state index contributed by atoms with van der Waals surface area (Å²) in [5.74, 6) is 2.19. The molecule has 2 aromatic rings. The number of carbonyl (C=O) groups excluding carboxylic acids is 1. The Labute approximate surface area is 245 Å². The van der Waals surface area contributed by atoms with Crippen LogP contribution in [0.5, 0.6) is 5.75 Å². The van der Waals surface area contributed by atoms with Crippen LogP contribution in [-0.2, 0) is 33.8 Å². The van der Waals surface area contributed by atoms with E-state index in [1.54, 1.807) is 6.20 Å². The van der Waals surface area contributed by atoms with Crippen LogP contribution in [0.3, 0.4) is 0 Å². The molecule has 0 radical (unpaired) electrons. The van der Waals surface area contributed by atoms with Crippen molar-refractivity contribution in [2.45, 2.75) is 50.3 Å². The number of ether oxygens (including phenoxy) is 3. The molecule has 13 heteroatoms. The van der Waals surface area contributed by atoms with Crippen LogP contribution in [0.2, 0.25) is 0 Å². The molecule has 1 aromatic carbocycles. The molecular weight excluding hydrogens is 542 g/mol. The van der Waals surface area contributed by atoms with Gasteiger partial charge in [0.05, 0.1) is 44.8 Å². The van der Waals surface area contributed by atoms with E-state index in [0.29, 0.717) is 51.8 Å². The summed E-state index contributed by atoms with van der Waals surface area (Å²) in [4.78, 5) is 28.7. The Balaban J connectivity index is 0.993. The molecule has 42 heavy (non-hydrogen) atoms. The molecule has 1 aromatic heterocycles. The maximum Gasteiger partial charge on any atom is 0.243 e. The lowest BCUT2D eigenvalue weighted by molar-refractivity contribution is -0.126. The van der Waals surface area contributed by atoms with Crippen LogP contribution >= 0.6 is 0 Å². The molecule has 0 bridgehead atoms. The lowest BCUT2D eigenvalue weighted by Gasteiger charge is -2.43. The Morgan fingerprint density at radius 2 is 2.05 bits per heavy atom. The van der Waals surface area contributed by atoms with Crippen molar-refractivity contribution < 1.29 is 28.5 Å². The summed E-state index contributed by atoms with van der Waals surface area (Å²) in [5, 5.41) is 17.4. The quantitative estimate of drug-likeness (QED) is 0.343. The number of likely N-dealkylation sites (N-methyl/N-ethyl adjacent to an activating group) is 1. The second-order valence-electron chi connectivity index (χ2n) is 11.4. The van der Waals surface area contributed by atoms with Gasteiger partial charge in [-0.3, -0.25) is 15.0 Å². The van der Waals surface area contributed by atoms with Crippen LogP contribution in [0.4, 0.5) is 0 Å². The molecule has 0 saturated carbocycles. The van der Waals surface area contributed by atoms with Gasteiger partial charge in [0, 0.05) is 52.7 Å². The fourth-order valence-corrected chi connectivity index (χ4v) is 5.85. The van der Waals surface area contributed by atoms with Crippen molar-refractivity contribution in [2.24, 2.45) is 4.99 Å². The van der Waals surface area contributed by atoms with E-state index in [9.17, 15) is 9.90 Å². The first kappa shape index (κ1) is 28.9. The van der Waals surface area contributed by atoms with E-state index in [1.165, 1.54) is 17.5 Å². The third kappa shape index (κ3) is 7.04. The average Bonchev–Trinajstić information content (AvgIpc) is 3.51. The Kier molecular flexibility index (Phi) is 9.20. The number of aliphatic imine (C=N–C) groups is 1. The molecule has 228 valence electrons. The molecular formula is C29H41N7O6. The highest BCUT2D eigenvalue weighted by Crippen LogP contribution is 2.25. The van der Waals surface area contributed by atoms with Crippen LogP contribution in [0.25, 0.3) is 0 Å². The minimum absolute atomic E-state index is 0.101. The fraction of sp³-hybridized carbons (Fsp3) is 0.621. The average molecular weight is 584 g/mol. The van der Waals surface area contributed by atoms with Crippen molar-refractivity contribution in [3.8, 4) is 5.75 Å². The summed E-state index contributed by atoms with van der Waals surface area (Å²) < 4.78 is 21.9. The molecule has 0 spiro atoms. The number of nitrogens with one attached hydrogen (secondary N) is 2.